The molecule has 2 amide bonds. The van der Waals surface area contributed by atoms with Crippen molar-refractivity contribution in [2.75, 3.05) is 31.5 Å². The molecule has 4 aromatic rings. The lowest BCUT2D eigenvalue weighted by molar-refractivity contribution is -0.137. The summed E-state index contributed by atoms with van der Waals surface area (Å²) in [7, 11) is 2.95. The Hall–Kier alpha value is -5.52. The van der Waals surface area contributed by atoms with E-state index in [1.54, 1.807) is 66.9 Å². The predicted octanol–water partition coefficient (Wildman–Crippen LogP) is 4.14. The first-order valence-corrected chi connectivity index (χ1v) is 13.4. The Balaban J connectivity index is 1.64. The van der Waals surface area contributed by atoms with Gasteiger partial charge in [-0.2, -0.15) is 0 Å². The van der Waals surface area contributed by atoms with E-state index in [0.717, 1.165) is 5.39 Å². The number of H-pyrrole nitrogens is 1. The Bertz CT molecular complexity index is 1730. The van der Waals surface area contributed by atoms with Crippen molar-refractivity contribution < 1.29 is 33.7 Å². The summed E-state index contributed by atoms with van der Waals surface area (Å²) in [6.45, 7) is 0.00697. The van der Waals surface area contributed by atoms with Crippen LogP contribution in [0.2, 0.25) is 0 Å². The fourth-order valence-corrected chi connectivity index (χ4v) is 5.07. The lowest BCUT2D eigenvalue weighted by Gasteiger charge is -2.26. The predicted molar refractivity (Wildman–Crippen MR) is 159 cm³/mol. The third-order valence-electron chi connectivity index (χ3n) is 7.13. The van der Waals surface area contributed by atoms with Gasteiger partial charge in [0.1, 0.15) is 17.5 Å². The van der Waals surface area contributed by atoms with Crippen LogP contribution in [-0.2, 0) is 20.7 Å². The number of pyridine rings is 1. The van der Waals surface area contributed by atoms with Crippen LogP contribution in [0.15, 0.2) is 71.7 Å². The number of ether oxygens (including phenoxy) is 3. The smallest absolute Gasteiger partial charge is 0.411 e. The molecule has 12 nitrogen and oxygen atoms in total. The molecule has 0 fully saturated rings. The fraction of sp³-hybridized carbons (Fsp3) is 0.226. The van der Waals surface area contributed by atoms with Gasteiger partial charge in [-0.3, -0.25) is 19.7 Å². The average Bonchev–Trinajstić information content (AvgIpc) is 2.99. The van der Waals surface area contributed by atoms with E-state index in [1.165, 1.54) is 14.2 Å². The molecule has 2 atom stereocenters. The number of amides is 2. The molecule has 4 bridgehead atoms. The molecule has 43 heavy (non-hydrogen) atoms. The highest BCUT2D eigenvalue weighted by Crippen LogP contribution is 2.35. The van der Waals surface area contributed by atoms with Crippen LogP contribution in [-0.4, -0.2) is 48.9 Å². The maximum absolute atomic E-state index is 14.1. The number of benzene rings is 3. The third kappa shape index (κ3) is 6.53. The fourth-order valence-electron chi connectivity index (χ4n) is 5.07. The van der Waals surface area contributed by atoms with Crippen LogP contribution in [0.25, 0.3) is 10.8 Å². The van der Waals surface area contributed by atoms with E-state index in [9.17, 15) is 24.3 Å². The summed E-state index contributed by atoms with van der Waals surface area (Å²) < 4.78 is 16.7. The number of aliphatic carboxylic acids is 1. The zero-order valence-electron chi connectivity index (χ0n) is 23.4. The molecule has 5 N–H and O–H groups in total. The first-order chi connectivity index (χ1) is 20.7. The van der Waals surface area contributed by atoms with Crippen LogP contribution in [0.1, 0.15) is 35.2 Å². The number of nitrogens with one attached hydrogen (secondary N) is 4. The Morgan fingerprint density at radius 2 is 1.77 bits per heavy atom. The number of carbonyl (C=O) groups is 3. The van der Waals surface area contributed by atoms with Gasteiger partial charge in [0.15, 0.2) is 0 Å². The van der Waals surface area contributed by atoms with Crippen molar-refractivity contribution in [2.24, 2.45) is 0 Å². The van der Waals surface area contributed by atoms with Gasteiger partial charge in [0.05, 0.1) is 33.3 Å². The quantitative estimate of drug-likeness (QED) is 0.223. The highest BCUT2D eigenvalue weighted by Gasteiger charge is 2.28. The molecule has 0 radical (unpaired) electrons. The summed E-state index contributed by atoms with van der Waals surface area (Å²) in [5.41, 5.74) is 2.10. The molecule has 2 unspecified atom stereocenters. The summed E-state index contributed by atoms with van der Waals surface area (Å²) in [4.78, 5) is 53.5. The topological polar surface area (TPSA) is 168 Å². The zero-order valence-corrected chi connectivity index (χ0v) is 23.4. The number of carboxylic acids is 1. The number of carboxylic acid groups (broad SMARTS) is 1. The van der Waals surface area contributed by atoms with Crippen LogP contribution >= 0.6 is 0 Å². The molecule has 12 heteroatoms. The molecular formula is C31H30N4O8. The molecule has 6 rings (SSSR count). The molecule has 2 aliphatic rings. The van der Waals surface area contributed by atoms with E-state index in [2.05, 4.69) is 20.9 Å². The minimum Gasteiger partial charge on any atom is -0.496 e. The van der Waals surface area contributed by atoms with Crippen LogP contribution in [0.5, 0.6) is 11.5 Å². The number of methoxy groups -OCH3 is 2. The molecule has 0 saturated heterocycles. The maximum atomic E-state index is 14.1. The van der Waals surface area contributed by atoms with Crippen LogP contribution in [0.4, 0.5) is 16.2 Å². The molecule has 2 aliphatic heterocycles. The van der Waals surface area contributed by atoms with E-state index in [0.29, 0.717) is 45.0 Å². The molecule has 0 saturated carbocycles. The molecule has 3 aromatic carbocycles. The first-order valence-electron chi connectivity index (χ1n) is 13.4. The van der Waals surface area contributed by atoms with Gasteiger partial charge in [-0.25, -0.2) is 4.79 Å². The van der Waals surface area contributed by atoms with Gasteiger partial charge in [-0.05, 0) is 59.0 Å². The van der Waals surface area contributed by atoms with Gasteiger partial charge in [-0.1, -0.05) is 18.2 Å². The standard InChI is InChI=1S/C31H30N4O8/c1-41-25-13-19-14-26(42-2)22(25)9-11-43-31(40)34-20-5-3-4-18(12-20)24(16-27(36)37)35-30(39)28(19)33-21-7-6-17-8-10-32-29(38)23(17)15-21/h3-8,10,12-15,24,28,33H,9,11,16H2,1-2H3,(H,32,38)(H,34,40)(H,35,39)(H,36,37). The van der Waals surface area contributed by atoms with Crippen molar-refractivity contribution in [2.45, 2.75) is 24.9 Å². The minimum absolute atomic E-state index is 0.00697. The van der Waals surface area contributed by atoms with Crippen molar-refractivity contribution in [3.05, 3.63) is 93.9 Å². The highest BCUT2D eigenvalue weighted by molar-refractivity contribution is 5.90. The normalized spacial score (nSPS) is 17.0. The Labute approximate surface area is 246 Å². The summed E-state index contributed by atoms with van der Waals surface area (Å²) in [6.07, 6.45) is 0.694. The third-order valence-corrected chi connectivity index (χ3v) is 7.13. The monoisotopic (exact) mass is 586 g/mol. The molecule has 1 aromatic heterocycles. The minimum atomic E-state index is -1.14. The lowest BCUT2D eigenvalue weighted by atomic mass is 9.98. The van der Waals surface area contributed by atoms with Gasteiger partial charge in [0.25, 0.3) is 5.56 Å². The summed E-state index contributed by atoms with van der Waals surface area (Å²) >= 11 is 0. The van der Waals surface area contributed by atoms with Gasteiger partial charge in [0, 0.05) is 34.9 Å². The molecular weight excluding hydrogens is 556 g/mol. The van der Waals surface area contributed by atoms with Crippen molar-refractivity contribution in [1.82, 2.24) is 10.3 Å². The van der Waals surface area contributed by atoms with Crippen LogP contribution < -0.4 is 31.0 Å². The van der Waals surface area contributed by atoms with Gasteiger partial charge < -0.3 is 34.9 Å². The summed E-state index contributed by atoms with van der Waals surface area (Å²) in [5, 5.41) is 19.5. The zero-order chi connectivity index (χ0) is 30.5. The highest BCUT2D eigenvalue weighted by atomic mass is 16.5. The van der Waals surface area contributed by atoms with E-state index < -0.39 is 36.5 Å². The number of hydrogen-bond donors (Lipinski definition) is 5. The van der Waals surface area contributed by atoms with Crippen LogP contribution in [0, 0.1) is 0 Å². The number of rotatable bonds is 6. The number of aromatic amines is 1. The number of aromatic nitrogens is 1. The van der Waals surface area contributed by atoms with Gasteiger partial charge >= 0.3 is 12.1 Å². The number of fused-ring (bicyclic) bond motifs is 10. The second-order valence-electron chi connectivity index (χ2n) is 9.89. The lowest BCUT2D eigenvalue weighted by Crippen LogP contribution is -2.37. The summed E-state index contributed by atoms with van der Waals surface area (Å²) in [5.74, 6) is -0.891. The Morgan fingerprint density at radius 1 is 1.00 bits per heavy atom. The van der Waals surface area contributed by atoms with Gasteiger partial charge in [-0.15, -0.1) is 0 Å². The van der Waals surface area contributed by atoms with E-state index in [4.69, 9.17) is 14.2 Å². The van der Waals surface area contributed by atoms with Crippen LogP contribution in [0.3, 0.4) is 0 Å². The number of hydrogen-bond acceptors (Lipinski definition) is 8. The SMILES string of the molecule is COc1cc2cc(OC)c1CCOC(=O)Nc1cccc(c1)C(CC(=O)O)NC(=O)C2Nc1ccc2cc[nH]c(=O)c2c1. The second-order valence-corrected chi connectivity index (χ2v) is 9.89. The van der Waals surface area contributed by atoms with Gasteiger partial charge in [0.2, 0.25) is 5.91 Å². The number of anilines is 2. The summed E-state index contributed by atoms with van der Waals surface area (Å²) in [6, 6.07) is 14.7. The molecule has 3 heterocycles. The van der Waals surface area contributed by atoms with E-state index in [1.807, 2.05) is 0 Å². The largest absolute Gasteiger partial charge is 0.496 e. The van der Waals surface area contributed by atoms with Crippen molar-refractivity contribution >= 4 is 40.1 Å². The van der Waals surface area contributed by atoms with E-state index >= 15 is 0 Å². The van der Waals surface area contributed by atoms with E-state index in [-0.39, 0.29) is 18.6 Å². The maximum Gasteiger partial charge on any atom is 0.411 e. The first kappa shape index (κ1) is 29.0. The van der Waals surface area contributed by atoms with Crippen molar-refractivity contribution in [3.8, 4) is 11.5 Å². The molecule has 0 aliphatic carbocycles. The van der Waals surface area contributed by atoms with Crippen molar-refractivity contribution in [3.63, 3.8) is 0 Å². The molecule has 222 valence electrons. The molecule has 0 spiro atoms. The average molecular weight is 587 g/mol. The van der Waals surface area contributed by atoms with Crippen molar-refractivity contribution in [1.29, 1.82) is 0 Å². The number of carbonyl (C=O) groups excluding carboxylic acids is 2. The Kier molecular flexibility index (Phi) is 8.46. The second kappa shape index (κ2) is 12.6. The Morgan fingerprint density at radius 3 is 2.49 bits per heavy atom.